The fourth-order valence-corrected chi connectivity index (χ4v) is 0.845. The van der Waals surface area contributed by atoms with Crippen LogP contribution in [0, 0.1) is 11.8 Å². The SMILES string of the molecule is CC#CCCc1ccc[nH]1. The minimum atomic E-state index is 0.955. The maximum absolute atomic E-state index is 3.13. The quantitative estimate of drug-likeness (QED) is 0.594. The van der Waals surface area contributed by atoms with Crippen LogP contribution in [0.5, 0.6) is 0 Å². The first-order valence-corrected chi connectivity index (χ1v) is 3.45. The fourth-order valence-electron chi connectivity index (χ4n) is 0.845. The largest absolute Gasteiger partial charge is 0.365 e. The Hall–Kier alpha value is -1.16. The van der Waals surface area contributed by atoms with Gasteiger partial charge >= 0.3 is 0 Å². The van der Waals surface area contributed by atoms with Crippen LogP contribution < -0.4 is 0 Å². The Labute approximate surface area is 61.5 Å². The molecule has 0 unspecified atom stereocenters. The van der Waals surface area contributed by atoms with Crippen molar-refractivity contribution in [3.05, 3.63) is 24.0 Å². The van der Waals surface area contributed by atoms with E-state index in [4.69, 9.17) is 0 Å². The summed E-state index contributed by atoms with van der Waals surface area (Å²) in [6.07, 6.45) is 3.93. The molecule has 1 N–H and O–H groups in total. The van der Waals surface area contributed by atoms with Crippen LogP contribution in [0.3, 0.4) is 0 Å². The third kappa shape index (κ3) is 1.99. The highest BCUT2D eigenvalue weighted by Gasteiger charge is 1.87. The molecule has 52 valence electrons. The van der Waals surface area contributed by atoms with Gasteiger partial charge in [-0.2, -0.15) is 0 Å². The first-order chi connectivity index (χ1) is 4.93. The minimum absolute atomic E-state index is 0.955. The molecule has 0 spiro atoms. The molecular formula is C9H11N. The average Bonchev–Trinajstić information content (AvgIpc) is 2.41. The molecule has 1 aromatic rings. The molecule has 0 aliphatic heterocycles. The zero-order valence-corrected chi connectivity index (χ0v) is 6.15. The van der Waals surface area contributed by atoms with Crippen LogP contribution in [0.4, 0.5) is 0 Å². The third-order valence-electron chi connectivity index (χ3n) is 1.36. The van der Waals surface area contributed by atoms with Crippen molar-refractivity contribution in [1.29, 1.82) is 0 Å². The van der Waals surface area contributed by atoms with Gasteiger partial charge < -0.3 is 4.98 Å². The van der Waals surface area contributed by atoms with Crippen LogP contribution in [0.25, 0.3) is 0 Å². The van der Waals surface area contributed by atoms with E-state index < -0.39 is 0 Å². The predicted octanol–water partition coefficient (Wildman–Crippen LogP) is 1.97. The lowest BCUT2D eigenvalue weighted by Crippen LogP contribution is -1.81. The Bertz CT molecular complexity index is 223. The first kappa shape index (κ1) is 6.95. The number of hydrogen-bond acceptors (Lipinski definition) is 0. The summed E-state index contributed by atoms with van der Waals surface area (Å²) in [5.41, 5.74) is 1.27. The number of aromatic amines is 1. The van der Waals surface area contributed by atoms with Crippen molar-refractivity contribution in [2.24, 2.45) is 0 Å². The van der Waals surface area contributed by atoms with E-state index in [9.17, 15) is 0 Å². The summed E-state index contributed by atoms with van der Waals surface area (Å²) in [7, 11) is 0. The van der Waals surface area contributed by atoms with Crippen LogP contribution in [0.1, 0.15) is 19.0 Å². The number of aromatic nitrogens is 1. The van der Waals surface area contributed by atoms with Gasteiger partial charge in [-0.25, -0.2) is 0 Å². The average molecular weight is 133 g/mol. The lowest BCUT2D eigenvalue weighted by atomic mass is 10.2. The predicted molar refractivity (Wildman–Crippen MR) is 42.6 cm³/mol. The molecule has 0 atom stereocenters. The second-order valence-electron chi connectivity index (χ2n) is 2.12. The van der Waals surface area contributed by atoms with Gasteiger partial charge in [-0.15, -0.1) is 11.8 Å². The summed E-state index contributed by atoms with van der Waals surface area (Å²) < 4.78 is 0. The second kappa shape index (κ2) is 3.79. The van der Waals surface area contributed by atoms with Crippen LogP contribution in [-0.4, -0.2) is 4.98 Å². The zero-order valence-electron chi connectivity index (χ0n) is 6.15. The summed E-state index contributed by atoms with van der Waals surface area (Å²) in [6, 6.07) is 4.09. The van der Waals surface area contributed by atoms with E-state index in [2.05, 4.69) is 22.9 Å². The van der Waals surface area contributed by atoms with Gasteiger partial charge in [-0.1, -0.05) is 0 Å². The van der Waals surface area contributed by atoms with Gasteiger partial charge in [0.2, 0.25) is 0 Å². The van der Waals surface area contributed by atoms with E-state index in [0.717, 1.165) is 12.8 Å². The molecule has 1 aromatic heterocycles. The highest BCUT2D eigenvalue weighted by Crippen LogP contribution is 1.97. The molecule has 1 heterocycles. The molecule has 0 amide bonds. The number of hydrogen-bond donors (Lipinski definition) is 1. The second-order valence-corrected chi connectivity index (χ2v) is 2.12. The van der Waals surface area contributed by atoms with Gasteiger partial charge in [-0.05, 0) is 25.5 Å². The van der Waals surface area contributed by atoms with E-state index in [1.807, 2.05) is 19.2 Å². The molecule has 0 aromatic carbocycles. The molecule has 1 nitrogen and oxygen atoms in total. The van der Waals surface area contributed by atoms with Crippen LogP contribution in [0.15, 0.2) is 18.3 Å². The molecule has 0 radical (unpaired) electrons. The molecular weight excluding hydrogens is 122 g/mol. The van der Waals surface area contributed by atoms with Gasteiger partial charge in [-0.3, -0.25) is 0 Å². The molecule has 10 heavy (non-hydrogen) atoms. The molecule has 0 saturated carbocycles. The summed E-state index contributed by atoms with van der Waals surface area (Å²) in [4.78, 5) is 3.13. The van der Waals surface area contributed by atoms with E-state index >= 15 is 0 Å². The van der Waals surface area contributed by atoms with Crippen molar-refractivity contribution in [1.82, 2.24) is 4.98 Å². The van der Waals surface area contributed by atoms with Crippen molar-refractivity contribution < 1.29 is 0 Å². The van der Waals surface area contributed by atoms with Gasteiger partial charge in [0.1, 0.15) is 0 Å². The van der Waals surface area contributed by atoms with Crippen LogP contribution in [-0.2, 0) is 6.42 Å². The Morgan fingerprint density at radius 2 is 2.50 bits per heavy atom. The highest BCUT2D eigenvalue weighted by atomic mass is 14.7. The highest BCUT2D eigenvalue weighted by molar-refractivity contribution is 5.06. The molecule has 0 bridgehead atoms. The van der Waals surface area contributed by atoms with Crippen molar-refractivity contribution in [2.75, 3.05) is 0 Å². The Morgan fingerprint density at radius 3 is 3.10 bits per heavy atom. The van der Waals surface area contributed by atoms with E-state index in [0.29, 0.717) is 0 Å². The van der Waals surface area contributed by atoms with Crippen molar-refractivity contribution in [2.45, 2.75) is 19.8 Å². The summed E-state index contributed by atoms with van der Waals surface area (Å²) >= 11 is 0. The first-order valence-electron chi connectivity index (χ1n) is 3.45. The Kier molecular flexibility index (Phi) is 2.63. The summed E-state index contributed by atoms with van der Waals surface area (Å²) in [5.74, 6) is 5.88. The molecule has 1 heteroatoms. The van der Waals surface area contributed by atoms with Gasteiger partial charge in [0, 0.05) is 18.3 Å². The van der Waals surface area contributed by atoms with Gasteiger partial charge in [0.25, 0.3) is 0 Å². The van der Waals surface area contributed by atoms with Gasteiger partial charge in [0.05, 0.1) is 0 Å². The van der Waals surface area contributed by atoms with Crippen LogP contribution >= 0.6 is 0 Å². The molecule has 0 saturated heterocycles. The normalized spacial score (nSPS) is 8.50. The topological polar surface area (TPSA) is 15.8 Å². The van der Waals surface area contributed by atoms with Crippen molar-refractivity contribution >= 4 is 0 Å². The molecule has 0 aliphatic rings. The summed E-state index contributed by atoms with van der Waals surface area (Å²) in [6.45, 7) is 1.87. The maximum atomic E-state index is 3.13. The fraction of sp³-hybridized carbons (Fsp3) is 0.333. The Morgan fingerprint density at radius 1 is 1.60 bits per heavy atom. The zero-order chi connectivity index (χ0) is 7.23. The minimum Gasteiger partial charge on any atom is -0.365 e. The van der Waals surface area contributed by atoms with Crippen LogP contribution in [0.2, 0.25) is 0 Å². The lowest BCUT2D eigenvalue weighted by Gasteiger charge is -1.88. The van der Waals surface area contributed by atoms with E-state index in [1.54, 1.807) is 0 Å². The third-order valence-corrected chi connectivity index (χ3v) is 1.36. The number of rotatable bonds is 2. The van der Waals surface area contributed by atoms with Crippen molar-refractivity contribution in [3.63, 3.8) is 0 Å². The van der Waals surface area contributed by atoms with Crippen molar-refractivity contribution in [3.8, 4) is 11.8 Å². The van der Waals surface area contributed by atoms with E-state index in [1.165, 1.54) is 5.69 Å². The molecule has 0 aliphatic carbocycles. The standard InChI is InChI=1S/C9H11N/c1-2-3-4-6-9-7-5-8-10-9/h5,7-8,10H,4,6H2,1H3. The van der Waals surface area contributed by atoms with E-state index in [-0.39, 0.29) is 0 Å². The lowest BCUT2D eigenvalue weighted by molar-refractivity contribution is 0.979. The maximum Gasteiger partial charge on any atom is 0.0156 e. The summed E-state index contributed by atoms with van der Waals surface area (Å²) in [5, 5.41) is 0. The molecule has 0 fully saturated rings. The number of nitrogens with one attached hydrogen (secondary N) is 1. The monoisotopic (exact) mass is 133 g/mol. The number of H-pyrrole nitrogens is 1. The Balaban J connectivity index is 2.32. The smallest absolute Gasteiger partial charge is 0.0156 e. The number of aryl methyl sites for hydroxylation is 1. The van der Waals surface area contributed by atoms with Gasteiger partial charge in [0.15, 0.2) is 0 Å². The molecule has 1 rings (SSSR count).